The summed E-state index contributed by atoms with van der Waals surface area (Å²) in [7, 11) is 0. The molecule has 0 aromatic heterocycles. The van der Waals surface area contributed by atoms with E-state index >= 15 is 0 Å². The van der Waals surface area contributed by atoms with E-state index in [1.54, 1.807) is 0 Å². The van der Waals surface area contributed by atoms with E-state index in [0.29, 0.717) is 0 Å². The monoisotopic (exact) mass is 760 g/mol. The number of benzene rings is 11. The molecule has 0 aliphatic carbocycles. The lowest BCUT2D eigenvalue weighted by molar-refractivity contribution is 1.56. The molecule has 11 rings (SSSR count). The highest BCUT2D eigenvalue weighted by molar-refractivity contribution is 6.22. The molecule has 60 heavy (non-hydrogen) atoms. The lowest BCUT2D eigenvalue weighted by Gasteiger charge is -2.20. The predicted molar refractivity (Wildman–Crippen MR) is 257 cm³/mol. The van der Waals surface area contributed by atoms with Crippen molar-refractivity contribution in [2.24, 2.45) is 0 Å². The van der Waals surface area contributed by atoms with Crippen LogP contribution in [0.25, 0.3) is 110 Å². The molecule has 0 aliphatic rings. The molecule has 11 aromatic carbocycles. The fourth-order valence-corrected chi connectivity index (χ4v) is 9.39. The Bertz CT molecular complexity index is 3280. The Morgan fingerprint density at radius 2 is 0.517 bits per heavy atom. The normalized spacial score (nSPS) is 11.3. The fraction of sp³-hybridized carbons (Fsp3) is 0. The molecule has 0 saturated carbocycles. The smallest absolute Gasteiger partial charge is 0.00261 e. The molecule has 0 unspecified atom stereocenters. The van der Waals surface area contributed by atoms with Crippen LogP contribution in [0.3, 0.4) is 0 Å². The lowest BCUT2D eigenvalue weighted by Crippen LogP contribution is -1.93. The number of rotatable bonds is 7. The van der Waals surface area contributed by atoms with Crippen LogP contribution in [0, 0.1) is 0 Å². The van der Waals surface area contributed by atoms with Crippen LogP contribution in [0.1, 0.15) is 0 Å². The molecule has 0 heterocycles. The quantitative estimate of drug-likeness (QED) is 0.142. The summed E-state index contributed by atoms with van der Waals surface area (Å²) in [6.07, 6.45) is 0. The molecule has 0 N–H and O–H groups in total. The summed E-state index contributed by atoms with van der Waals surface area (Å²) in [5, 5.41) is 7.44. The molecule has 0 aliphatic heterocycles. The molecule has 0 spiro atoms. The van der Waals surface area contributed by atoms with Crippen molar-refractivity contribution >= 4 is 32.3 Å². The summed E-state index contributed by atoms with van der Waals surface area (Å²) in [5.74, 6) is 0. The van der Waals surface area contributed by atoms with E-state index < -0.39 is 0 Å². The Balaban J connectivity index is 1.21. The van der Waals surface area contributed by atoms with Crippen molar-refractivity contribution in [2.75, 3.05) is 0 Å². The Hall–Kier alpha value is -7.80. The standard InChI is InChI=1S/C60H40/c1-4-20-41(21-5-1)47-26-10-11-28-49(47)46-38-44-36-37-45(60-55-34-18-16-32-53(55)59(43-24-8-3-9-25-43)54-33-17-19-35-56(54)60)39-57(44)58(40-46)52-31-15-14-30-51(52)50-29-13-12-27-48(50)42-22-6-2-7-23-42/h1-40H. The van der Waals surface area contributed by atoms with Gasteiger partial charge in [-0.3, -0.25) is 0 Å². The van der Waals surface area contributed by atoms with Crippen LogP contribution in [-0.2, 0) is 0 Å². The van der Waals surface area contributed by atoms with Crippen molar-refractivity contribution in [3.05, 3.63) is 243 Å². The van der Waals surface area contributed by atoms with Gasteiger partial charge < -0.3 is 0 Å². The first-order valence-corrected chi connectivity index (χ1v) is 20.8. The molecular formula is C60H40. The van der Waals surface area contributed by atoms with Gasteiger partial charge in [-0.15, -0.1) is 0 Å². The SMILES string of the molecule is c1ccc(-c2ccccc2-c2cc(-c3ccccc3-c3ccccc3-c3ccccc3)c3cc(-c4c5ccccc5c(-c5ccccc5)c5ccccc45)ccc3c2)cc1. The Morgan fingerprint density at radius 3 is 1.02 bits per heavy atom. The summed E-state index contributed by atoms with van der Waals surface area (Å²) in [5.41, 5.74) is 17.1. The topological polar surface area (TPSA) is 0 Å². The van der Waals surface area contributed by atoms with E-state index in [0.717, 1.165) is 0 Å². The van der Waals surface area contributed by atoms with Gasteiger partial charge in [0.25, 0.3) is 0 Å². The summed E-state index contributed by atoms with van der Waals surface area (Å²) in [6, 6.07) is 88.8. The van der Waals surface area contributed by atoms with Crippen molar-refractivity contribution in [1.29, 1.82) is 0 Å². The van der Waals surface area contributed by atoms with Gasteiger partial charge in [0.2, 0.25) is 0 Å². The van der Waals surface area contributed by atoms with Gasteiger partial charge >= 0.3 is 0 Å². The maximum absolute atomic E-state index is 2.45. The molecule has 0 radical (unpaired) electrons. The second kappa shape index (κ2) is 15.2. The van der Waals surface area contributed by atoms with Gasteiger partial charge in [-0.05, 0) is 128 Å². The van der Waals surface area contributed by atoms with Crippen molar-refractivity contribution < 1.29 is 0 Å². The minimum Gasteiger partial charge on any atom is -0.0622 e. The maximum Gasteiger partial charge on any atom is -0.00261 e. The second-order valence-corrected chi connectivity index (χ2v) is 15.5. The zero-order valence-corrected chi connectivity index (χ0v) is 33.1. The Kier molecular flexibility index (Phi) is 8.95. The van der Waals surface area contributed by atoms with Crippen LogP contribution in [0.2, 0.25) is 0 Å². The van der Waals surface area contributed by atoms with E-state index in [-0.39, 0.29) is 0 Å². The van der Waals surface area contributed by atoms with Crippen molar-refractivity contribution in [3.8, 4) is 77.9 Å². The van der Waals surface area contributed by atoms with E-state index in [9.17, 15) is 0 Å². The molecule has 0 saturated heterocycles. The third-order valence-corrected chi connectivity index (χ3v) is 12.1. The van der Waals surface area contributed by atoms with Crippen LogP contribution in [0.5, 0.6) is 0 Å². The van der Waals surface area contributed by atoms with Crippen molar-refractivity contribution in [1.82, 2.24) is 0 Å². The minimum absolute atomic E-state index is 1.19. The first kappa shape index (κ1) is 35.4. The first-order chi connectivity index (χ1) is 29.8. The molecule has 11 aromatic rings. The molecule has 0 heteroatoms. The van der Waals surface area contributed by atoms with Gasteiger partial charge in [0.05, 0.1) is 0 Å². The third kappa shape index (κ3) is 6.18. The third-order valence-electron chi connectivity index (χ3n) is 12.1. The van der Waals surface area contributed by atoms with E-state index in [4.69, 9.17) is 0 Å². The molecule has 0 atom stereocenters. The first-order valence-electron chi connectivity index (χ1n) is 20.8. The summed E-state index contributed by atoms with van der Waals surface area (Å²) >= 11 is 0. The van der Waals surface area contributed by atoms with Gasteiger partial charge in [0, 0.05) is 0 Å². The van der Waals surface area contributed by atoms with E-state index in [2.05, 4.69) is 243 Å². The number of hydrogen-bond acceptors (Lipinski definition) is 0. The zero-order valence-electron chi connectivity index (χ0n) is 33.1. The van der Waals surface area contributed by atoms with Gasteiger partial charge in [-0.25, -0.2) is 0 Å². The summed E-state index contributed by atoms with van der Waals surface area (Å²) < 4.78 is 0. The van der Waals surface area contributed by atoms with Crippen molar-refractivity contribution in [3.63, 3.8) is 0 Å². The molecular weight excluding hydrogens is 721 g/mol. The van der Waals surface area contributed by atoms with Crippen molar-refractivity contribution in [2.45, 2.75) is 0 Å². The average Bonchev–Trinajstić information content (AvgIpc) is 3.33. The number of fused-ring (bicyclic) bond motifs is 3. The van der Waals surface area contributed by atoms with Crippen LogP contribution < -0.4 is 0 Å². The van der Waals surface area contributed by atoms with Crippen LogP contribution in [-0.4, -0.2) is 0 Å². The Labute approximate surface area is 351 Å². The van der Waals surface area contributed by atoms with Gasteiger partial charge in [-0.1, -0.05) is 224 Å². The largest absolute Gasteiger partial charge is 0.0622 e. The van der Waals surface area contributed by atoms with Gasteiger partial charge in [0.15, 0.2) is 0 Å². The molecule has 280 valence electrons. The highest BCUT2D eigenvalue weighted by Crippen LogP contribution is 2.47. The Morgan fingerprint density at radius 1 is 0.167 bits per heavy atom. The fourth-order valence-electron chi connectivity index (χ4n) is 9.39. The van der Waals surface area contributed by atoms with Crippen LogP contribution in [0.15, 0.2) is 243 Å². The van der Waals surface area contributed by atoms with Crippen LogP contribution >= 0.6 is 0 Å². The maximum atomic E-state index is 2.45. The van der Waals surface area contributed by atoms with Gasteiger partial charge in [0.1, 0.15) is 0 Å². The predicted octanol–water partition coefficient (Wildman–Crippen LogP) is 16.8. The molecule has 0 amide bonds. The van der Waals surface area contributed by atoms with Crippen LogP contribution in [0.4, 0.5) is 0 Å². The zero-order chi connectivity index (χ0) is 39.8. The lowest BCUT2D eigenvalue weighted by atomic mass is 9.83. The van der Waals surface area contributed by atoms with E-state index in [1.165, 1.54) is 110 Å². The highest BCUT2D eigenvalue weighted by atomic mass is 14.2. The number of hydrogen-bond donors (Lipinski definition) is 0. The molecule has 0 nitrogen and oxygen atoms in total. The minimum atomic E-state index is 1.19. The second-order valence-electron chi connectivity index (χ2n) is 15.5. The molecule has 0 fully saturated rings. The summed E-state index contributed by atoms with van der Waals surface area (Å²) in [6.45, 7) is 0. The highest BCUT2D eigenvalue weighted by Gasteiger charge is 2.20. The molecule has 0 bridgehead atoms. The summed E-state index contributed by atoms with van der Waals surface area (Å²) in [4.78, 5) is 0. The van der Waals surface area contributed by atoms with Gasteiger partial charge in [-0.2, -0.15) is 0 Å². The average molecular weight is 761 g/mol. The van der Waals surface area contributed by atoms with E-state index in [1.807, 2.05) is 0 Å².